The van der Waals surface area contributed by atoms with E-state index in [1.807, 2.05) is 19.3 Å². The van der Waals surface area contributed by atoms with E-state index < -0.39 is 0 Å². The maximum atomic E-state index is 9.89. The number of fused-ring (bicyclic) bond motifs is 3. The molecule has 1 aliphatic carbocycles. The molecule has 1 aliphatic rings. The van der Waals surface area contributed by atoms with Gasteiger partial charge in [0.2, 0.25) is 0 Å². The lowest BCUT2D eigenvalue weighted by atomic mass is 9.82. The molecule has 0 radical (unpaired) electrons. The molecule has 23 heavy (non-hydrogen) atoms. The molecule has 2 N–H and O–H groups in total. The van der Waals surface area contributed by atoms with Crippen molar-refractivity contribution in [1.82, 2.24) is 19.6 Å². The SMILES string of the molecule is Cc1nccn1CC1CCc2c(c3ccccc3n2C)C1NO. The number of hydrogen-bond acceptors (Lipinski definition) is 3. The minimum Gasteiger partial charge on any atom is -0.347 e. The summed E-state index contributed by atoms with van der Waals surface area (Å²) in [7, 11) is 2.12. The molecule has 0 bridgehead atoms. The van der Waals surface area contributed by atoms with Crippen LogP contribution in [0.4, 0.5) is 0 Å². The predicted octanol–water partition coefficient (Wildman–Crippen LogP) is 2.97. The minimum atomic E-state index is -0.0494. The Balaban J connectivity index is 1.78. The van der Waals surface area contributed by atoms with Gasteiger partial charge in [0.05, 0.1) is 6.04 Å². The van der Waals surface area contributed by atoms with Gasteiger partial charge in [-0.25, -0.2) is 4.98 Å². The molecule has 120 valence electrons. The van der Waals surface area contributed by atoms with Crippen molar-refractivity contribution >= 4 is 10.9 Å². The molecule has 0 amide bonds. The van der Waals surface area contributed by atoms with Crippen molar-refractivity contribution in [2.45, 2.75) is 32.4 Å². The quantitative estimate of drug-likeness (QED) is 0.731. The Morgan fingerprint density at radius 1 is 1.35 bits per heavy atom. The van der Waals surface area contributed by atoms with Gasteiger partial charge in [-0.3, -0.25) is 0 Å². The van der Waals surface area contributed by atoms with Gasteiger partial charge in [-0.05, 0) is 31.7 Å². The zero-order valence-electron chi connectivity index (χ0n) is 13.5. The second-order valence-corrected chi connectivity index (χ2v) is 6.47. The van der Waals surface area contributed by atoms with E-state index in [1.165, 1.54) is 22.2 Å². The second kappa shape index (κ2) is 5.51. The van der Waals surface area contributed by atoms with Crippen LogP contribution in [-0.4, -0.2) is 19.3 Å². The molecule has 0 saturated carbocycles. The summed E-state index contributed by atoms with van der Waals surface area (Å²) in [5, 5.41) is 11.1. The van der Waals surface area contributed by atoms with Gasteiger partial charge in [0.15, 0.2) is 0 Å². The normalized spacial score (nSPS) is 20.8. The van der Waals surface area contributed by atoms with Crippen LogP contribution in [0.2, 0.25) is 0 Å². The third kappa shape index (κ3) is 2.19. The van der Waals surface area contributed by atoms with E-state index in [-0.39, 0.29) is 6.04 Å². The lowest BCUT2D eigenvalue weighted by Crippen LogP contribution is -2.33. The average molecular weight is 310 g/mol. The van der Waals surface area contributed by atoms with E-state index in [9.17, 15) is 5.21 Å². The summed E-state index contributed by atoms with van der Waals surface area (Å²) in [6.45, 7) is 2.89. The number of hydroxylamine groups is 1. The minimum absolute atomic E-state index is 0.0494. The van der Waals surface area contributed by atoms with E-state index in [1.54, 1.807) is 0 Å². The Bertz CT molecular complexity index is 848. The number of nitrogens with zero attached hydrogens (tertiary/aromatic N) is 3. The summed E-state index contributed by atoms with van der Waals surface area (Å²) in [5.74, 6) is 1.36. The highest BCUT2D eigenvalue weighted by Gasteiger charge is 2.33. The molecule has 3 aromatic rings. The second-order valence-electron chi connectivity index (χ2n) is 6.47. The van der Waals surface area contributed by atoms with Crippen LogP contribution in [-0.2, 0) is 20.0 Å². The van der Waals surface area contributed by atoms with E-state index in [0.717, 1.165) is 25.2 Å². The highest BCUT2D eigenvalue weighted by Crippen LogP contribution is 2.40. The first-order valence-corrected chi connectivity index (χ1v) is 8.14. The van der Waals surface area contributed by atoms with E-state index >= 15 is 0 Å². The third-order valence-electron chi connectivity index (χ3n) is 5.30. The molecule has 5 nitrogen and oxygen atoms in total. The van der Waals surface area contributed by atoms with Crippen LogP contribution in [0.5, 0.6) is 0 Å². The predicted molar refractivity (Wildman–Crippen MR) is 89.4 cm³/mol. The monoisotopic (exact) mass is 310 g/mol. The van der Waals surface area contributed by atoms with E-state index in [0.29, 0.717) is 5.92 Å². The fourth-order valence-corrected chi connectivity index (χ4v) is 4.07. The number of rotatable bonds is 3. The number of imidazole rings is 1. The molecule has 2 unspecified atom stereocenters. The van der Waals surface area contributed by atoms with Crippen molar-refractivity contribution in [3.8, 4) is 0 Å². The Hall–Kier alpha value is -2.11. The van der Waals surface area contributed by atoms with Crippen LogP contribution in [0, 0.1) is 12.8 Å². The maximum Gasteiger partial charge on any atom is 0.105 e. The Labute approximate surface area is 135 Å². The van der Waals surface area contributed by atoms with Crippen LogP contribution in [0.1, 0.15) is 29.5 Å². The van der Waals surface area contributed by atoms with E-state index in [4.69, 9.17) is 0 Å². The molecule has 0 spiro atoms. The summed E-state index contributed by atoms with van der Waals surface area (Å²) in [5.41, 5.74) is 6.41. The van der Waals surface area contributed by atoms with Crippen LogP contribution in [0.25, 0.3) is 10.9 Å². The van der Waals surface area contributed by atoms with Gasteiger partial charge in [0, 0.05) is 48.1 Å². The average Bonchev–Trinajstić information content (AvgIpc) is 3.10. The number of hydrogen-bond donors (Lipinski definition) is 2. The molecule has 1 aromatic carbocycles. The summed E-state index contributed by atoms with van der Waals surface area (Å²) in [6, 6.07) is 8.40. The lowest BCUT2D eigenvalue weighted by Gasteiger charge is -2.32. The van der Waals surface area contributed by atoms with Crippen LogP contribution < -0.4 is 5.48 Å². The van der Waals surface area contributed by atoms with Crippen LogP contribution in [0.3, 0.4) is 0 Å². The van der Waals surface area contributed by atoms with Crippen molar-refractivity contribution < 1.29 is 5.21 Å². The van der Waals surface area contributed by atoms with Crippen molar-refractivity contribution in [2.24, 2.45) is 13.0 Å². The fraction of sp³-hybridized carbons (Fsp3) is 0.389. The number of benzene rings is 1. The van der Waals surface area contributed by atoms with Crippen molar-refractivity contribution in [3.63, 3.8) is 0 Å². The molecule has 2 aromatic heterocycles. The maximum absolute atomic E-state index is 9.89. The van der Waals surface area contributed by atoms with Crippen LogP contribution >= 0.6 is 0 Å². The molecule has 0 fully saturated rings. The van der Waals surface area contributed by atoms with Crippen molar-refractivity contribution in [3.05, 3.63) is 53.7 Å². The summed E-state index contributed by atoms with van der Waals surface area (Å²) in [6.07, 6.45) is 5.94. The molecule has 5 heteroatoms. The molecular weight excluding hydrogens is 288 g/mol. The fourth-order valence-electron chi connectivity index (χ4n) is 4.07. The highest BCUT2D eigenvalue weighted by molar-refractivity contribution is 5.86. The van der Waals surface area contributed by atoms with Crippen molar-refractivity contribution in [1.29, 1.82) is 0 Å². The summed E-state index contributed by atoms with van der Waals surface area (Å²) >= 11 is 0. The molecule has 0 saturated heterocycles. The molecular formula is C18H22N4O. The topological polar surface area (TPSA) is 55.0 Å². The van der Waals surface area contributed by atoms with Gasteiger partial charge in [-0.1, -0.05) is 18.2 Å². The zero-order valence-corrected chi connectivity index (χ0v) is 13.5. The Morgan fingerprint density at radius 2 is 2.17 bits per heavy atom. The first kappa shape index (κ1) is 14.5. The van der Waals surface area contributed by atoms with Gasteiger partial charge < -0.3 is 14.3 Å². The zero-order chi connectivity index (χ0) is 16.0. The summed E-state index contributed by atoms with van der Waals surface area (Å²) in [4.78, 5) is 4.31. The lowest BCUT2D eigenvalue weighted by molar-refractivity contribution is 0.0833. The molecule has 2 atom stereocenters. The highest BCUT2D eigenvalue weighted by atomic mass is 16.5. The smallest absolute Gasteiger partial charge is 0.105 e. The van der Waals surface area contributed by atoms with Gasteiger partial charge in [0.25, 0.3) is 0 Å². The number of aryl methyl sites for hydroxylation is 2. The Morgan fingerprint density at radius 3 is 2.91 bits per heavy atom. The van der Waals surface area contributed by atoms with E-state index in [2.05, 4.69) is 50.9 Å². The van der Waals surface area contributed by atoms with Gasteiger partial charge in [0.1, 0.15) is 5.82 Å². The van der Waals surface area contributed by atoms with Gasteiger partial charge >= 0.3 is 0 Å². The number of nitrogens with one attached hydrogen (secondary N) is 1. The third-order valence-corrected chi connectivity index (χ3v) is 5.30. The van der Waals surface area contributed by atoms with Gasteiger partial charge in [-0.2, -0.15) is 5.48 Å². The number of para-hydroxylation sites is 1. The van der Waals surface area contributed by atoms with Gasteiger partial charge in [-0.15, -0.1) is 0 Å². The largest absolute Gasteiger partial charge is 0.347 e. The first-order chi connectivity index (χ1) is 11.2. The van der Waals surface area contributed by atoms with Crippen LogP contribution in [0.15, 0.2) is 36.7 Å². The first-order valence-electron chi connectivity index (χ1n) is 8.14. The molecule has 0 aliphatic heterocycles. The standard InChI is InChI=1S/C18H22N4O/c1-12-19-9-10-22(12)11-13-7-8-16-17(18(13)20-23)14-5-3-4-6-15(14)21(16)2/h3-6,9-10,13,18,20,23H,7-8,11H2,1-2H3. The molecule has 4 rings (SSSR count). The summed E-state index contributed by atoms with van der Waals surface area (Å²) < 4.78 is 4.44. The number of aromatic nitrogens is 3. The van der Waals surface area contributed by atoms with Crippen molar-refractivity contribution in [2.75, 3.05) is 0 Å². The molecule has 2 heterocycles. The Kier molecular flexibility index (Phi) is 3.47.